The third-order valence-corrected chi connectivity index (χ3v) is 3.81. The standard InChI is InChI=1S/C12H26N2O/c1-10(9-15-3)14(2)12(8-13)11-6-4-5-7-11/h10-12H,4-9,13H2,1-3H3. The van der Waals surface area contributed by atoms with Crippen molar-refractivity contribution in [2.45, 2.75) is 44.7 Å². The van der Waals surface area contributed by atoms with E-state index in [-0.39, 0.29) is 0 Å². The molecule has 1 aliphatic rings. The average Bonchev–Trinajstić information content (AvgIpc) is 2.72. The second-order valence-corrected chi connectivity index (χ2v) is 4.82. The molecular weight excluding hydrogens is 188 g/mol. The molecule has 1 saturated carbocycles. The van der Waals surface area contributed by atoms with Crippen LogP contribution in [0, 0.1) is 5.92 Å². The van der Waals surface area contributed by atoms with E-state index in [1.807, 2.05) is 0 Å². The van der Waals surface area contributed by atoms with Gasteiger partial charge in [0.05, 0.1) is 6.61 Å². The van der Waals surface area contributed by atoms with Gasteiger partial charge in [-0.05, 0) is 32.7 Å². The molecule has 0 bridgehead atoms. The van der Waals surface area contributed by atoms with E-state index in [1.54, 1.807) is 7.11 Å². The summed E-state index contributed by atoms with van der Waals surface area (Å²) in [6.07, 6.45) is 5.47. The highest BCUT2D eigenvalue weighted by Gasteiger charge is 2.28. The van der Waals surface area contributed by atoms with Gasteiger partial charge in [-0.15, -0.1) is 0 Å². The van der Waals surface area contributed by atoms with E-state index in [1.165, 1.54) is 25.7 Å². The minimum absolute atomic E-state index is 0.462. The Morgan fingerprint density at radius 1 is 1.40 bits per heavy atom. The van der Waals surface area contributed by atoms with Gasteiger partial charge >= 0.3 is 0 Å². The molecule has 1 aliphatic carbocycles. The van der Waals surface area contributed by atoms with Crippen LogP contribution in [0.2, 0.25) is 0 Å². The van der Waals surface area contributed by atoms with E-state index in [2.05, 4.69) is 18.9 Å². The zero-order valence-electron chi connectivity index (χ0n) is 10.4. The van der Waals surface area contributed by atoms with Gasteiger partial charge in [0.1, 0.15) is 0 Å². The molecule has 0 heterocycles. The van der Waals surface area contributed by atoms with Crippen molar-refractivity contribution < 1.29 is 4.74 Å². The highest BCUT2D eigenvalue weighted by atomic mass is 16.5. The number of likely N-dealkylation sites (N-methyl/N-ethyl adjacent to an activating group) is 1. The van der Waals surface area contributed by atoms with E-state index in [4.69, 9.17) is 10.5 Å². The van der Waals surface area contributed by atoms with E-state index in [9.17, 15) is 0 Å². The van der Waals surface area contributed by atoms with Crippen molar-refractivity contribution >= 4 is 0 Å². The zero-order chi connectivity index (χ0) is 11.3. The summed E-state index contributed by atoms with van der Waals surface area (Å²) in [5.74, 6) is 0.805. The van der Waals surface area contributed by atoms with Crippen LogP contribution in [0.1, 0.15) is 32.6 Å². The molecule has 0 saturated heterocycles. The maximum absolute atomic E-state index is 5.90. The Hall–Kier alpha value is -0.120. The van der Waals surface area contributed by atoms with Gasteiger partial charge in [0, 0.05) is 25.7 Å². The maximum Gasteiger partial charge on any atom is 0.0615 e. The fraction of sp³-hybridized carbons (Fsp3) is 1.00. The number of rotatable bonds is 6. The number of nitrogens with two attached hydrogens (primary N) is 1. The molecule has 3 heteroatoms. The van der Waals surface area contributed by atoms with Crippen LogP contribution in [0.5, 0.6) is 0 Å². The molecule has 0 aromatic heterocycles. The molecule has 1 fully saturated rings. The lowest BCUT2D eigenvalue weighted by molar-refractivity contribution is 0.0712. The minimum atomic E-state index is 0.462. The highest BCUT2D eigenvalue weighted by molar-refractivity contribution is 4.84. The Bertz CT molecular complexity index is 169. The molecule has 90 valence electrons. The monoisotopic (exact) mass is 214 g/mol. The van der Waals surface area contributed by atoms with Crippen LogP contribution >= 0.6 is 0 Å². The van der Waals surface area contributed by atoms with Crippen molar-refractivity contribution in [2.24, 2.45) is 11.7 Å². The third-order valence-electron chi connectivity index (χ3n) is 3.81. The van der Waals surface area contributed by atoms with Crippen LogP contribution in [-0.2, 0) is 4.74 Å². The van der Waals surface area contributed by atoms with Crippen molar-refractivity contribution in [3.8, 4) is 0 Å². The number of hydrogen-bond acceptors (Lipinski definition) is 3. The molecule has 2 atom stereocenters. The normalized spacial score (nSPS) is 22.2. The van der Waals surface area contributed by atoms with E-state index < -0.39 is 0 Å². The Balaban J connectivity index is 2.48. The van der Waals surface area contributed by atoms with Gasteiger partial charge in [-0.1, -0.05) is 12.8 Å². The predicted molar refractivity (Wildman–Crippen MR) is 63.9 cm³/mol. The second-order valence-electron chi connectivity index (χ2n) is 4.82. The van der Waals surface area contributed by atoms with Crippen molar-refractivity contribution in [1.29, 1.82) is 0 Å². The topological polar surface area (TPSA) is 38.5 Å². The molecule has 0 amide bonds. The fourth-order valence-electron chi connectivity index (χ4n) is 2.72. The van der Waals surface area contributed by atoms with E-state index >= 15 is 0 Å². The number of hydrogen-bond donors (Lipinski definition) is 1. The maximum atomic E-state index is 5.90. The van der Waals surface area contributed by atoms with Crippen molar-refractivity contribution in [3.05, 3.63) is 0 Å². The summed E-state index contributed by atoms with van der Waals surface area (Å²) in [6.45, 7) is 3.77. The molecule has 3 nitrogen and oxygen atoms in total. The van der Waals surface area contributed by atoms with Gasteiger partial charge < -0.3 is 10.5 Å². The van der Waals surface area contributed by atoms with Gasteiger partial charge in [-0.3, -0.25) is 4.90 Å². The van der Waals surface area contributed by atoms with Crippen molar-refractivity contribution in [2.75, 3.05) is 27.3 Å². The summed E-state index contributed by atoms with van der Waals surface area (Å²) in [7, 11) is 3.94. The van der Waals surface area contributed by atoms with Crippen molar-refractivity contribution in [1.82, 2.24) is 4.90 Å². The molecule has 0 spiro atoms. The van der Waals surface area contributed by atoms with Crippen LogP contribution in [0.25, 0.3) is 0 Å². The summed E-state index contributed by atoms with van der Waals surface area (Å²) in [4.78, 5) is 2.40. The summed E-state index contributed by atoms with van der Waals surface area (Å²) >= 11 is 0. The molecule has 2 unspecified atom stereocenters. The Labute approximate surface area is 94.0 Å². The molecule has 0 radical (unpaired) electrons. The molecule has 2 N–H and O–H groups in total. The first-order valence-corrected chi connectivity index (χ1v) is 6.11. The van der Waals surface area contributed by atoms with Gasteiger partial charge in [0.2, 0.25) is 0 Å². The Kier molecular flexibility index (Phi) is 5.58. The van der Waals surface area contributed by atoms with Gasteiger partial charge in [0.15, 0.2) is 0 Å². The SMILES string of the molecule is COCC(C)N(C)C(CN)C1CCCC1. The largest absolute Gasteiger partial charge is 0.383 e. The van der Waals surface area contributed by atoms with Crippen LogP contribution in [0.15, 0.2) is 0 Å². The lowest BCUT2D eigenvalue weighted by atomic mass is 9.96. The number of methoxy groups -OCH3 is 1. The van der Waals surface area contributed by atoms with Crippen LogP contribution in [0.4, 0.5) is 0 Å². The van der Waals surface area contributed by atoms with E-state index in [0.717, 1.165) is 19.1 Å². The molecule has 0 aliphatic heterocycles. The number of nitrogens with zero attached hydrogens (tertiary/aromatic N) is 1. The summed E-state index contributed by atoms with van der Waals surface area (Å²) in [5.41, 5.74) is 5.90. The van der Waals surface area contributed by atoms with Crippen LogP contribution in [0.3, 0.4) is 0 Å². The Morgan fingerprint density at radius 2 is 2.00 bits per heavy atom. The first-order chi connectivity index (χ1) is 7.20. The first-order valence-electron chi connectivity index (χ1n) is 6.11. The molecule has 0 aromatic rings. The second kappa shape index (κ2) is 6.46. The van der Waals surface area contributed by atoms with Gasteiger partial charge in [0.25, 0.3) is 0 Å². The zero-order valence-corrected chi connectivity index (χ0v) is 10.4. The fourth-order valence-corrected chi connectivity index (χ4v) is 2.72. The van der Waals surface area contributed by atoms with E-state index in [0.29, 0.717) is 12.1 Å². The average molecular weight is 214 g/mol. The molecule has 1 rings (SSSR count). The molecule has 0 aromatic carbocycles. The minimum Gasteiger partial charge on any atom is -0.383 e. The Morgan fingerprint density at radius 3 is 2.47 bits per heavy atom. The van der Waals surface area contributed by atoms with Crippen LogP contribution in [-0.4, -0.2) is 44.3 Å². The van der Waals surface area contributed by atoms with Crippen LogP contribution < -0.4 is 5.73 Å². The lowest BCUT2D eigenvalue weighted by Crippen LogP contribution is -2.48. The molecular formula is C12H26N2O. The summed E-state index contributed by atoms with van der Waals surface area (Å²) in [5, 5.41) is 0. The third kappa shape index (κ3) is 3.44. The summed E-state index contributed by atoms with van der Waals surface area (Å²) in [6, 6.07) is 1.00. The summed E-state index contributed by atoms with van der Waals surface area (Å²) < 4.78 is 5.20. The smallest absolute Gasteiger partial charge is 0.0615 e. The first kappa shape index (κ1) is 12.9. The van der Waals surface area contributed by atoms with Crippen molar-refractivity contribution in [3.63, 3.8) is 0 Å². The highest BCUT2D eigenvalue weighted by Crippen LogP contribution is 2.30. The molecule has 15 heavy (non-hydrogen) atoms. The predicted octanol–water partition coefficient (Wildman–Crippen LogP) is 1.47. The lowest BCUT2D eigenvalue weighted by Gasteiger charge is -2.35. The number of ether oxygens (including phenoxy) is 1. The quantitative estimate of drug-likeness (QED) is 0.727. The van der Waals surface area contributed by atoms with Gasteiger partial charge in [-0.25, -0.2) is 0 Å². The van der Waals surface area contributed by atoms with Gasteiger partial charge in [-0.2, -0.15) is 0 Å².